The molecule has 9 nitrogen and oxygen atoms in total. The Balaban J connectivity index is 1.93. The molecule has 4 N–H and O–H groups in total. The normalized spacial score (nSPS) is 10.8. The molecule has 0 aliphatic rings. The van der Waals surface area contributed by atoms with E-state index in [1.807, 2.05) is 11.4 Å². The van der Waals surface area contributed by atoms with E-state index in [0.29, 0.717) is 17.1 Å². The number of fused-ring (bicyclic) bond motifs is 3. The smallest absolute Gasteiger partial charge is 0.405 e. The highest BCUT2D eigenvalue weighted by Crippen LogP contribution is 2.18. The molecule has 0 spiro atoms. The number of carbonyl (C=O) groups is 2. The van der Waals surface area contributed by atoms with Gasteiger partial charge in [-0.3, -0.25) is 9.20 Å². The second-order valence-corrected chi connectivity index (χ2v) is 4.01. The Hall–Kier alpha value is -3.10. The van der Waals surface area contributed by atoms with Crippen molar-refractivity contribution in [2.75, 3.05) is 11.9 Å². The molecule has 0 unspecified atom stereocenters. The Kier molecular flexibility index (Phi) is 2.71. The van der Waals surface area contributed by atoms with Gasteiger partial charge in [0.05, 0.1) is 17.9 Å². The molecule has 0 aliphatic heterocycles. The summed E-state index contributed by atoms with van der Waals surface area (Å²) in [7, 11) is 0. The number of aromatic nitrogens is 4. The van der Waals surface area contributed by atoms with Gasteiger partial charge in [0.15, 0.2) is 11.3 Å². The van der Waals surface area contributed by atoms with Gasteiger partial charge in [0.1, 0.15) is 12.4 Å². The monoisotopic (exact) mass is 274 g/mol. The summed E-state index contributed by atoms with van der Waals surface area (Å²) < 4.78 is 1.72. The summed E-state index contributed by atoms with van der Waals surface area (Å²) >= 11 is 0. The number of amides is 2. The predicted octanol–water partition coefficient (Wildman–Crippen LogP) is 0.417. The molecule has 0 saturated heterocycles. The van der Waals surface area contributed by atoms with Crippen LogP contribution in [0.3, 0.4) is 0 Å². The molecule has 2 amide bonds. The largest absolute Gasteiger partial charge is 0.465 e. The second kappa shape index (κ2) is 4.53. The molecule has 0 saturated carbocycles. The van der Waals surface area contributed by atoms with Gasteiger partial charge in [-0.05, 0) is 6.07 Å². The van der Waals surface area contributed by atoms with E-state index in [1.54, 1.807) is 16.8 Å². The Morgan fingerprint density at radius 1 is 1.35 bits per heavy atom. The number of carbonyl (C=O) groups excluding carboxylic acids is 1. The van der Waals surface area contributed by atoms with Crippen LogP contribution in [0.25, 0.3) is 16.8 Å². The van der Waals surface area contributed by atoms with Gasteiger partial charge in [-0.2, -0.15) is 0 Å². The summed E-state index contributed by atoms with van der Waals surface area (Å²) in [6, 6.07) is 1.81. The molecule has 3 aromatic heterocycles. The van der Waals surface area contributed by atoms with Crippen LogP contribution < -0.4 is 10.6 Å². The van der Waals surface area contributed by atoms with Crippen molar-refractivity contribution in [1.29, 1.82) is 0 Å². The first kappa shape index (κ1) is 12.0. The Morgan fingerprint density at radius 2 is 2.20 bits per heavy atom. The van der Waals surface area contributed by atoms with Crippen LogP contribution >= 0.6 is 0 Å². The number of imidazole rings is 1. The number of H-pyrrole nitrogens is 1. The van der Waals surface area contributed by atoms with Crippen LogP contribution in [0.5, 0.6) is 0 Å². The predicted molar refractivity (Wildman–Crippen MR) is 69.5 cm³/mol. The van der Waals surface area contributed by atoms with Crippen molar-refractivity contribution in [2.45, 2.75) is 0 Å². The number of hydrogen-bond donors (Lipinski definition) is 4. The van der Waals surface area contributed by atoms with Crippen molar-refractivity contribution >= 4 is 34.6 Å². The number of aromatic amines is 1. The van der Waals surface area contributed by atoms with Crippen LogP contribution in [-0.4, -0.2) is 43.0 Å². The maximum Gasteiger partial charge on any atom is 0.405 e. The molecular formula is C11H10N6O3. The van der Waals surface area contributed by atoms with Crippen molar-refractivity contribution in [3.8, 4) is 0 Å². The van der Waals surface area contributed by atoms with E-state index in [0.717, 1.165) is 5.52 Å². The number of nitrogens with zero attached hydrogens (tertiary/aromatic N) is 3. The molecule has 0 aliphatic carbocycles. The lowest BCUT2D eigenvalue weighted by atomic mass is 10.5. The highest BCUT2D eigenvalue weighted by atomic mass is 16.4. The minimum atomic E-state index is -1.25. The van der Waals surface area contributed by atoms with Gasteiger partial charge in [-0.1, -0.05) is 0 Å². The first-order valence-electron chi connectivity index (χ1n) is 5.71. The average molecular weight is 274 g/mol. The van der Waals surface area contributed by atoms with Crippen molar-refractivity contribution in [3.05, 3.63) is 24.7 Å². The summed E-state index contributed by atoms with van der Waals surface area (Å²) in [5.41, 5.74) is 2.01. The number of nitrogens with one attached hydrogen (secondary N) is 3. The van der Waals surface area contributed by atoms with Crippen LogP contribution in [-0.2, 0) is 4.79 Å². The minimum Gasteiger partial charge on any atom is -0.465 e. The topological polar surface area (TPSA) is 124 Å². The van der Waals surface area contributed by atoms with Crippen molar-refractivity contribution in [2.24, 2.45) is 0 Å². The van der Waals surface area contributed by atoms with Crippen LogP contribution in [0.2, 0.25) is 0 Å². The third-order valence-electron chi connectivity index (χ3n) is 2.71. The average Bonchev–Trinajstić information content (AvgIpc) is 3.02. The maximum absolute atomic E-state index is 11.6. The van der Waals surface area contributed by atoms with Crippen molar-refractivity contribution in [3.63, 3.8) is 0 Å². The summed E-state index contributed by atoms with van der Waals surface area (Å²) in [5, 5.41) is 13.0. The number of rotatable bonds is 3. The van der Waals surface area contributed by atoms with Crippen LogP contribution in [0.4, 0.5) is 10.6 Å². The fourth-order valence-corrected chi connectivity index (χ4v) is 1.90. The molecule has 3 heterocycles. The minimum absolute atomic E-state index is 0.329. The fraction of sp³-hybridized carbons (Fsp3) is 0.0909. The Morgan fingerprint density at radius 3 is 3.00 bits per heavy atom. The van der Waals surface area contributed by atoms with E-state index in [9.17, 15) is 9.59 Å². The molecule has 0 fully saturated rings. The first-order chi connectivity index (χ1) is 9.65. The van der Waals surface area contributed by atoms with Crippen molar-refractivity contribution < 1.29 is 14.7 Å². The van der Waals surface area contributed by atoms with Crippen LogP contribution in [0.1, 0.15) is 0 Å². The fourth-order valence-electron chi connectivity index (χ4n) is 1.90. The molecule has 3 aromatic rings. The summed E-state index contributed by atoms with van der Waals surface area (Å²) in [5.74, 6) is -0.0288. The zero-order chi connectivity index (χ0) is 14.1. The third kappa shape index (κ3) is 2.00. The van der Waals surface area contributed by atoms with E-state index >= 15 is 0 Å². The number of hydrogen-bond acceptors (Lipinski definition) is 4. The van der Waals surface area contributed by atoms with Crippen molar-refractivity contribution in [1.82, 2.24) is 24.7 Å². The number of anilines is 1. The summed E-state index contributed by atoms with van der Waals surface area (Å²) in [6.07, 6.45) is 3.54. The third-order valence-corrected chi connectivity index (χ3v) is 2.71. The quantitative estimate of drug-likeness (QED) is 0.550. The lowest BCUT2D eigenvalue weighted by Gasteiger charge is -2.05. The SMILES string of the molecule is O=C(O)NCC(=O)Nc1cnc2cnc3[nH]ccc3n12. The van der Waals surface area contributed by atoms with E-state index in [4.69, 9.17) is 5.11 Å². The van der Waals surface area contributed by atoms with E-state index in [1.165, 1.54) is 6.20 Å². The van der Waals surface area contributed by atoms with E-state index in [2.05, 4.69) is 20.3 Å². The summed E-state index contributed by atoms with van der Waals surface area (Å²) in [6.45, 7) is -0.329. The molecule has 3 rings (SSSR count). The molecule has 9 heteroatoms. The Bertz CT molecular complexity index is 805. The maximum atomic E-state index is 11.6. The zero-order valence-corrected chi connectivity index (χ0v) is 10.1. The molecule has 102 valence electrons. The van der Waals surface area contributed by atoms with Gasteiger partial charge in [0.25, 0.3) is 0 Å². The van der Waals surface area contributed by atoms with Crippen LogP contribution in [0.15, 0.2) is 24.7 Å². The van der Waals surface area contributed by atoms with Gasteiger partial charge < -0.3 is 20.7 Å². The Labute approximate surface area is 111 Å². The van der Waals surface area contributed by atoms with Gasteiger partial charge in [0.2, 0.25) is 5.91 Å². The second-order valence-electron chi connectivity index (χ2n) is 4.01. The number of carboxylic acid groups (broad SMARTS) is 1. The van der Waals surface area contributed by atoms with Gasteiger partial charge in [-0.15, -0.1) is 0 Å². The molecule has 0 bridgehead atoms. The highest BCUT2D eigenvalue weighted by molar-refractivity contribution is 5.94. The molecule has 0 atom stereocenters. The van der Waals surface area contributed by atoms with E-state index < -0.39 is 12.0 Å². The van der Waals surface area contributed by atoms with E-state index in [-0.39, 0.29) is 6.54 Å². The highest BCUT2D eigenvalue weighted by Gasteiger charge is 2.11. The summed E-state index contributed by atoms with van der Waals surface area (Å²) in [4.78, 5) is 33.2. The molecule has 20 heavy (non-hydrogen) atoms. The molecule has 0 radical (unpaired) electrons. The van der Waals surface area contributed by atoms with Gasteiger partial charge in [-0.25, -0.2) is 14.8 Å². The molecular weight excluding hydrogens is 264 g/mol. The lowest BCUT2D eigenvalue weighted by molar-refractivity contribution is -0.115. The lowest BCUT2D eigenvalue weighted by Crippen LogP contribution is -2.31. The van der Waals surface area contributed by atoms with Gasteiger partial charge >= 0.3 is 6.09 Å². The first-order valence-corrected chi connectivity index (χ1v) is 5.71. The van der Waals surface area contributed by atoms with Gasteiger partial charge in [0, 0.05) is 6.20 Å². The molecule has 0 aromatic carbocycles. The zero-order valence-electron chi connectivity index (χ0n) is 10.1. The van der Waals surface area contributed by atoms with Crippen LogP contribution in [0, 0.1) is 0 Å². The standard InChI is InChI=1S/C11H10N6O3/c18-9(5-15-11(19)20)16-8-4-13-7-3-14-10-6(17(7)8)1-2-12-10/h1-4,12,15H,5H2,(H,16,18)(H,19,20).